The average Bonchev–Trinajstić information content (AvgIpc) is 3.56. The molecule has 6 heterocycles. The van der Waals surface area contributed by atoms with E-state index in [9.17, 15) is 4.79 Å². The third-order valence-corrected chi connectivity index (χ3v) is 6.13. The number of unbranched alkanes of at least 4 members (excludes halogenated alkanes) is 1. The number of pyridine rings is 4. The number of nitrogens with zero attached hydrogens (tertiary/aromatic N) is 6. The molecule has 3 N–H and O–H groups in total. The van der Waals surface area contributed by atoms with Crippen molar-refractivity contribution in [3.05, 3.63) is 67.6 Å². The van der Waals surface area contributed by atoms with Gasteiger partial charge in [-0.15, -0.1) is 0 Å². The van der Waals surface area contributed by atoms with E-state index in [0.717, 1.165) is 51.5 Å². The summed E-state index contributed by atoms with van der Waals surface area (Å²) < 4.78 is 0. The molecular weight excluding hydrogens is 466 g/mol. The number of carbonyl (C=O) groups excluding carboxylic acids is 1. The second-order valence-electron chi connectivity index (χ2n) is 8.71. The number of fused-ring (bicyclic) bond motifs is 2. The highest BCUT2D eigenvalue weighted by molar-refractivity contribution is 5.97. The lowest BCUT2D eigenvalue weighted by Crippen LogP contribution is -2.11. The van der Waals surface area contributed by atoms with Crippen LogP contribution < -0.4 is 5.32 Å². The lowest BCUT2D eigenvalue weighted by Gasteiger charge is -2.07. The van der Waals surface area contributed by atoms with E-state index >= 15 is 0 Å². The van der Waals surface area contributed by atoms with E-state index in [0.29, 0.717) is 29.3 Å². The highest BCUT2D eigenvalue weighted by atomic mass is 16.1. The Morgan fingerprint density at radius 3 is 2.68 bits per heavy atom. The lowest BCUT2D eigenvalue weighted by atomic mass is 10.1. The Hall–Kier alpha value is -4.99. The van der Waals surface area contributed by atoms with Gasteiger partial charge in [0.25, 0.3) is 0 Å². The van der Waals surface area contributed by atoms with E-state index in [1.54, 1.807) is 43.4 Å². The van der Waals surface area contributed by atoms with Crippen molar-refractivity contribution in [1.29, 1.82) is 0 Å². The van der Waals surface area contributed by atoms with Crippen LogP contribution in [0.4, 0.5) is 5.69 Å². The van der Waals surface area contributed by atoms with Crippen molar-refractivity contribution in [3.63, 3.8) is 0 Å². The maximum atomic E-state index is 12.2. The van der Waals surface area contributed by atoms with E-state index in [-0.39, 0.29) is 5.91 Å². The van der Waals surface area contributed by atoms with E-state index in [1.165, 1.54) is 0 Å². The molecule has 0 fully saturated rings. The molecular formula is C27H23N9O. The molecule has 0 atom stereocenters. The van der Waals surface area contributed by atoms with Crippen LogP contribution in [0.3, 0.4) is 0 Å². The third kappa shape index (κ3) is 4.40. The first-order valence-corrected chi connectivity index (χ1v) is 12.0. The highest BCUT2D eigenvalue weighted by Gasteiger charge is 2.17. The van der Waals surface area contributed by atoms with Crippen molar-refractivity contribution in [1.82, 2.24) is 40.1 Å². The van der Waals surface area contributed by atoms with Crippen molar-refractivity contribution in [2.45, 2.75) is 26.2 Å². The molecule has 6 aromatic rings. The van der Waals surface area contributed by atoms with Crippen molar-refractivity contribution in [2.24, 2.45) is 0 Å². The van der Waals surface area contributed by atoms with Crippen LogP contribution in [0.1, 0.15) is 26.2 Å². The molecule has 0 saturated carbocycles. The molecule has 182 valence electrons. The number of H-pyrrole nitrogens is 2. The molecule has 0 aliphatic rings. The minimum absolute atomic E-state index is 0.0214. The van der Waals surface area contributed by atoms with E-state index < -0.39 is 0 Å². The smallest absolute Gasteiger partial charge is 0.224 e. The first kappa shape index (κ1) is 22.5. The number of hydrogen-bond acceptors (Lipinski definition) is 7. The largest absolute Gasteiger partial charge is 0.335 e. The van der Waals surface area contributed by atoms with Crippen LogP contribution in [0.2, 0.25) is 0 Å². The van der Waals surface area contributed by atoms with Crippen LogP contribution in [0.25, 0.3) is 55.8 Å². The van der Waals surface area contributed by atoms with Crippen LogP contribution in [-0.2, 0) is 4.79 Å². The predicted octanol–water partition coefficient (Wildman–Crippen LogP) is 5.15. The second kappa shape index (κ2) is 9.57. The lowest BCUT2D eigenvalue weighted by molar-refractivity contribution is -0.116. The van der Waals surface area contributed by atoms with Gasteiger partial charge in [0.05, 0.1) is 46.5 Å². The van der Waals surface area contributed by atoms with Gasteiger partial charge in [0.1, 0.15) is 5.69 Å². The fourth-order valence-electron chi connectivity index (χ4n) is 4.25. The zero-order valence-corrected chi connectivity index (χ0v) is 20.1. The summed E-state index contributed by atoms with van der Waals surface area (Å²) in [5, 5.41) is 11.3. The zero-order valence-electron chi connectivity index (χ0n) is 20.1. The number of carbonyl (C=O) groups is 1. The van der Waals surface area contributed by atoms with Gasteiger partial charge in [-0.05, 0) is 36.2 Å². The summed E-state index contributed by atoms with van der Waals surface area (Å²) in [6.07, 6.45) is 14.5. The first-order valence-electron chi connectivity index (χ1n) is 12.0. The Morgan fingerprint density at radius 1 is 0.946 bits per heavy atom. The van der Waals surface area contributed by atoms with Gasteiger partial charge in [0.2, 0.25) is 5.91 Å². The number of aromatic amines is 2. The zero-order chi connectivity index (χ0) is 25.2. The number of aromatic nitrogens is 8. The Morgan fingerprint density at radius 2 is 1.81 bits per heavy atom. The van der Waals surface area contributed by atoms with Crippen molar-refractivity contribution >= 4 is 33.5 Å². The van der Waals surface area contributed by atoms with Crippen molar-refractivity contribution in [3.8, 4) is 33.9 Å². The van der Waals surface area contributed by atoms with Crippen LogP contribution in [-0.4, -0.2) is 46.0 Å². The molecule has 6 rings (SSSR count). The van der Waals surface area contributed by atoms with Gasteiger partial charge >= 0.3 is 0 Å². The summed E-state index contributed by atoms with van der Waals surface area (Å²) in [6, 6.07) is 7.68. The fourth-order valence-corrected chi connectivity index (χ4v) is 4.25. The molecule has 37 heavy (non-hydrogen) atoms. The summed E-state index contributed by atoms with van der Waals surface area (Å²) in [5.41, 5.74) is 7.10. The molecule has 0 unspecified atom stereocenters. The Labute approximate surface area is 211 Å². The topological polar surface area (TPSA) is 138 Å². The van der Waals surface area contributed by atoms with Gasteiger partial charge in [-0.2, -0.15) is 5.10 Å². The van der Waals surface area contributed by atoms with E-state index in [1.807, 2.05) is 24.3 Å². The van der Waals surface area contributed by atoms with Crippen LogP contribution >= 0.6 is 0 Å². The summed E-state index contributed by atoms with van der Waals surface area (Å²) in [5.74, 6) is 0.601. The molecule has 0 saturated heterocycles. The van der Waals surface area contributed by atoms with Crippen molar-refractivity contribution < 1.29 is 4.79 Å². The molecule has 0 aliphatic carbocycles. The number of anilines is 1. The Bertz CT molecular complexity index is 1720. The van der Waals surface area contributed by atoms with Crippen LogP contribution in [0.5, 0.6) is 0 Å². The summed E-state index contributed by atoms with van der Waals surface area (Å²) in [4.78, 5) is 37.8. The molecule has 10 heteroatoms. The van der Waals surface area contributed by atoms with Gasteiger partial charge in [0.15, 0.2) is 5.82 Å². The SMILES string of the molecule is CCCCC(=O)Nc1cncc(-c2cc3c(-c4nc5c(-c6ccncc6)cncc5[nH]4)n[nH]c3cn2)c1. The van der Waals surface area contributed by atoms with E-state index in [2.05, 4.69) is 47.4 Å². The van der Waals surface area contributed by atoms with Crippen LogP contribution in [0.15, 0.2) is 67.6 Å². The average molecular weight is 490 g/mol. The van der Waals surface area contributed by atoms with Gasteiger partial charge in [-0.1, -0.05) is 13.3 Å². The molecule has 10 nitrogen and oxygen atoms in total. The molecule has 6 aromatic heterocycles. The number of amides is 1. The molecule has 0 aliphatic heterocycles. The second-order valence-corrected chi connectivity index (χ2v) is 8.71. The van der Waals surface area contributed by atoms with Gasteiger partial charge in [-0.25, -0.2) is 4.98 Å². The Balaban J connectivity index is 1.37. The minimum atomic E-state index is -0.0214. The fraction of sp³-hybridized carbons (Fsp3) is 0.148. The van der Waals surface area contributed by atoms with E-state index in [4.69, 9.17) is 4.98 Å². The minimum Gasteiger partial charge on any atom is -0.335 e. The number of imidazole rings is 1. The number of hydrogen-bond donors (Lipinski definition) is 3. The maximum Gasteiger partial charge on any atom is 0.224 e. The molecule has 0 bridgehead atoms. The summed E-state index contributed by atoms with van der Waals surface area (Å²) in [7, 11) is 0. The first-order chi connectivity index (χ1) is 18.2. The highest BCUT2D eigenvalue weighted by Crippen LogP contribution is 2.32. The quantitative estimate of drug-likeness (QED) is 0.282. The van der Waals surface area contributed by atoms with Gasteiger partial charge in [-0.3, -0.25) is 29.8 Å². The van der Waals surface area contributed by atoms with Crippen LogP contribution in [0, 0.1) is 0 Å². The number of rotatable bonds is 7. The normalized spacial score (nSPS) is 11.3. The molecule has 0 spiro atoms. The maximum absolute atomic E-state index is 12.2. The Kier molecular flexibility index (Phi) is 5.81. The monoisotopic (exact) mass is 489 g/mol. The predicted molar refractivity (Wildman–Crippen MR) is 141 cm³/mol. The van der Waals surface area contributed by atoms with Crippen molar-refractivity contribution in [2.75, 3.05) is 5.32 Å². The van der Waals surface area contributed by atoms with Gasteiger partial charge in [0, 0.05) is 47.7 Å². The summed E-state index contributed by atoms with van der Waals surface area (Å²) in [6.45, 7) is 2.06. The third-order valence-electron chi connectivity index (χ3n) is 6.13. The molecule has 0 aromatic carbocycles. The summed E-state index contributed by atoms with van der Waals surface area (Å²) >= 11 is 0. The standard InChI is InChI=1S/C27H23N9O/c1-2-3-4-24(37)32-18-9-17(11-29-12-18)21-10-19-22(15-31-21)35-36-26(19)27-33-23-14-30-13-20(25(23)34-27)16-5-7-28-8-6-16/h5-15H,2-4H2,1H3,(H,32,37)(H,33,34)(H,35,36). The molecule has 0 radical (unpaired) electrons. The number of nitrogens with one attached hydrogen (secondary N) is 3. The molecule has 1 amide bonds. The van der Waals surface area contributed by atoms with Gasteiger partial charge < -0.3 is 10.3 Å².